The molecule has 0 spiro atoms. The SMILES string of the molecule is COC1CNC(c2nc(CCC(F)(F)F)no2)C1. The fourth-order valence-electron chi connectivity index (χ4n) is 1.84. The van der Waals surface area contributed by atoms with Crippen molar-refractivity contribution in [3.63, 3.8) is 0 Å². The van der Waals surface area contributed by atoms with Crippen LogP contribution in [-0.4, -0.2) is 36.1 Å². The number of hydrogen-bond acceptors (Lipinski definition) is 5. The number of methoxy groups -OCH3 is 1. The summed E-state index contributed by atoms with van der Waals surface area (Å²) in [4.78, 5) is 3.97. The van der Waals surface area contributed by atoms with Gasteiger partial charge in [0.25, 0.3) is 0 Å². The maximum Gasteiger partial charge on any atom is 0.389 e. The predicted molar refractivity (Wildman–Crippen MR) is 54.8 cm³/mol. The van der Waals surface area contributed by atoms with Gasteiger partial charge in [0.05, 0.1) is 18.6 Å². The first kappa shape index (κ1) is 13.3. The molecular weight excluding hydrogens is 251 g/mol. The quantitative estimate of drug-likeness (QED) is 0.896. The van der Waals surface area contributed by atoms with Crippen LogP contribution >= 0.6 is 0 Å². The molecule has 2 unspecified atom stereocenters. The summed E-state index contributed by atoms with van der Waals surface area (Å²) >= 11 is 0. The summed E-state index contributed by atoms with van der Waals surface area (Å²) in [5, 5.41) is 6.66. The van der Waals surface area contributed by atoms with E-state index in [0.29, 0.717) is 18.9 Å². The highest BCUT2D eigenvalue weighted by Crippen LogP contribution is 2.25. The minimum atomic E-state index is -4.20. The largest absolute Gasteiger partial charge is 0.389 e. The molecule has 2 rings (SSSR count). The predicted octanol–water partition coefficient (Wildman–Crippen LogP) is 1.61. The van der Waals surface area contributed by atoms with Crippen molar-refractivity contribution in [3.05, 3.63) is 11.7 Å². The molecule has 0 aliphatic carbocycles. The highest BCUT2D eigenvalue weighted by atomic mass is 19.4. The molecule has 1 fully saturated rings. The molecule has 2 heterocycles. The number of halogens is 3. The Hall–Kier alpha value is -1.15. The molecule has 1 aliphatic heterocycles. The standard InChI is InChI=1S/C10H14F3N3O2/c1-17-6-4-7(14-5-6)9-15-8(16-18-9)2-3-10(11,12)13/h6-7,14H,2-5H2,1H3. The number of nitrogens with zero attached hydrogens (tertiary/aromatic N) is 2. The second-order valence-corrected chi connectivity index (χ2v) is 4.22. The van der Waals surface area contributed by atoms with Crippen molar-refractivity contribution in [2.75, 3.05) is 13.7 Å². The van der Waals surface area contributed by atoms with Crippen LogP contribution in [0, 0.1) is 0 Å². The zero-order valence-electron chi connectivity index (χ0n) is 9.83. The van der Waals surface area contributed by atoms with Crippen LogP contribution in [0.3, 0.4) is 0 Å². The van der Waals surface area contributed by atoms with Gasteiger partial charge in [0.1, 0.15) is 0 Å². The molecule has 102 valence electrons. The minimum absolute atomic E-state index is 0.0699. The van der Waals surface area contributed by atoms with E-state index < -0.39 is 12.6 Å². The molecular formula is C10H14F3N3O2. The third-order valence-electron chi connectivity index (χ3n) is 2.84. The van der Waals surface area contributed by atoms with E-state index in [9.17, 15) is 13.2 Å². The van der Waals surface area contributed by atoms with Crippen molar-refractivity contribution < 1.29 is 22.4 Å². The van der Waals surface area contributed by atoms with Gasteiger partial charge in [0.2, 0.25) is 5.89 Å². The lowest BCUT2D eigenvalue weighted by Gasteiger charge is -2.04. The molecule has 8 heteroatoms. The zero-order chi connectivity index (χ0) is 13.2. The number of aromatic nitrogens is 2. The lowest BCUT2D eigenvalue weighted by molar-refractivity contribution is -0.134. The Bertz CT molecular complexity index is 394. The van der Waals surface area contributed by atoms with Crippen molar-refractivity contribution in [1.82, 2.24) is 15.5 Å². The summed E-state index contributed by atoms with van der Waals surface area (Å²) in [5.41, 5.74) is 0. The van der Waals surface area contributed by atoms with Gasteiger partial charge in [-0.15, -0.1) is 0 Å². The first-order valence-electron chi connectivity index (χ1n) is 5.63. The highest BCUT2D eigenvalue weighted by molar-refractivity contribution is 4.98. The van der Waals surface area contributed by atoms with Crippen LogP contribution in [0.25, 0.3) is 0 Å². The van der Waals surface area contributed by atoms with Gasteiger partial charge >= 0.3 is 6.18 Å². The molecule has 1 N–H and O–H groups in total. The molecule has 0 amide bonds. The van der Waals surface area contributed by atoms with Crippen molar-refractivity contribution in [2.24, 2.45) is 0 Å². The molecule has 1 aliphatic rings. The fourth-order valence-corrected chi connectivity index (χ4v) is 1.84. The average molecular weight is 265 g/mol. The van der Waals surface area contributed by atoms with Gasteiger partial charge in [0, 0.05) is 20.1 Å². The van der Waals surface area contributed by atoms with E-state index in [-0.39, 0.29) is 24.4 Å². The Morgan fingerprint density at radius 1 is 1.50 bits per heavy atom. The summed E-state index contributed by atoms with van der Waals surface area (Å²) in [7, 11) is 1.61. The maximum absolute atomic E-state index is 12.0. The van der Waals surface area contributed by atoms with Crippen LogP contribution in [0.4, 0.5) is 13.2 Å². The summed E-state index contributed by atoms with van der Waals surface area (Å²) in [5.74, 6) is 0.414. The van der Waals surface area contributed by atoms with Gasteiger partial charge < -0.3 is 14.6 Å². The van der Waals surface area contributed by atoms with Crippen LogP contribution in [0.5, 0.6) is 0 Å². The van der Waals surface area contributed by atoms with Crippen molar-refractivity contribution >= 4 is 0 Å². The van der Waals surface area contributed by atoms with E-state index in [4.69, 9.17) is 9.26 Å². The van der Waals surface area contributed by atoms with Gasteiger partial charge in [-0.2, -0.15) is 18.2 Å². The Morgan fingerprint density at radius 3 is 2.89 bits per heavy atom. The van der Waals surface area contributed by atoms with Crippen molar-refractivity contribution in [1.29, 1.82) is 0 Å². The lowest BCUT2D eigenvalue weighted by Crippen LogP contribution is -2.16. The van der Waals surface area contributed by atoms with Crippen molar-refractivity contribution in [3.8, 4) is 0 Å². The molecule has 1 aromatic rings. The second kappa shape index (κ2) is 5.23. The molecule has 0 bridgehead atoms. The number of hydrogen-bond donors (Lipinski definition) is 1. The molecule has 1 aromatic heterocycles. The summed E-state index contributed by atoms with van der Waals surface area (Å²) < 4.78 is 46.2. The average Bonchev–Trinajstić information content (AvgIpc) is 2.94. The van der Waals surface area contributed by atoms with Gasteiger partial charge in [-0.3, -0.25) is 0 Å². The van der Waals surface area contributed by atoms with E-state index in [0.717, 1.165) is 0 Å². The van der Waals surface area contributed by atoms with Gasteiger partial charge in [-0.25, -0.2) is 0 Å². The van der Waals surface area contributed by atoms with Crippen LogP contribution < -0.4 is 5.32 Å². The summed E-state index contributed by atoms with van der Waals surface area (Å²) in [6.45, 7) is 0.668. The van der Waals surface area contributed by atoms with Crippen LogP contribution in [0.2, 0.25) is 0 Å². The molecule has 0 aromatic carbocycles. The third kappa shape index (κ3) is 3.42. The first-order chi connectivity index (χ1) is 8.48. The number of alkyl halides is 3. The Balaban J connectivity index is 1.90. The maximum atomic E-state index is 12.0. The lowest BCUT2D eigenvalue weighted by atomic mass is 10.2. The summed E-state index contributed by atoms with van der Waals surface area (Å²) in [6, 6.07) is -0.137. The van der Waals surface area contributed by atoms with Gasteiger partial charge in [-0.05, 0) is 6.42 Å². The van der Waals surface area contributed by atoms with Crippen LogP contribution in [0.15, 0.2) is 4.52 Å². The smallest absolute Gasteiger partial charge is 0.380 e. The zero-order valence-corrected chi connectivity index (χ0v) is 9.83. The fraction of sp³-hybridized carbons (Fsp3) is 0.800. The van der Waals surface area contributed by atoms with E-state index in [2.05, 4.69) is 15.5 Å². The van der Waals surface area contributed by atoms with E-state index in [1.807, 2.05) is 0 Å². The highest BCUT2D eigenvalue weighted by Gasteiger charge is 2.31. The topological polar surface area (TPSA) is 60.2 Å². The third-order valence-corrected chi connectivity index (χ3v) is 2.84. The van der Waals surface area contributed by atoms with Crippen LogP contribution in [0.1, 0.15) is 30.6 Å². The van der Waals surface area contributed by atoms with Crippen molar-refractivity contribution in [2.45, 2.75) is 37.6 Å². The molecule has 0 radical (unpaired) electrons. The minimum Gasteiger partial charge on any atom is -0.380 e. The molecule has 18 heavy (non-hydrogen) atoms. The van der Waals surface area contributed by atoms with E-state index in [1.165, 1.54) is 0 Å². The molecule has 0 saturated carbocycles. The van der Waals surface area contributed by atoms with E-state index in [1.54, 1.807) is 7.11 Å². The van der Waals surface area contributed by atoms with Gasteiger partial charge in [-0.1, -0.05) is 5.16 Å². The number of rotatable bonds is 4. The Morgan fingerprint density at radius 2 is 2.28 bits per heavy atom. The summed E-state index contributed by atoms with van der Waals surface area (Å²) in [6.07, 6.45) is -4.65. The van der Waals surface area contributed by atoms with Crippen LogP contribution in [-0.2, 0) is 11.2 Å². The molecule has 2 atom stereocenters. The number of ether oxygens (including phenoxy) is 1. The monoisotopic (exact) mass is 265 g/mol. The molecule has 5 nitrogen and oxygen atoms in total. The normalized spacial score (nSPS) is 24.7. The second-order valence-electron chi connectivity index (χ2n) is 4.22. The van der Waals surface area contributed by atoms with Gasteiger partial charge in [0.15, 0.2) is 5.82 Å². The van der Waals surface area contributed by atoms with E-state index >= 15 is 0 Å². The number of nitrogens with one attached hydrogen (secondary N) is 1. The molecule has 1 saturated heterocycles. The number of aryl methyl sites for hydroxylation is 1. The Labute approximate surface area is 102 Å². The first-order valence-corrected chi connectivity index (χ1v) is 5.63. The Kier molecular flexibility index (Phi) is 3.86.